The SMILES string of the molecule is N#C/C(=C/c1cccn1-c1ccccc1)C(=O)Nc1ccccc1. The molecule has 1 aromatic heterocycles. The van der Waals surface area contributed by atoms with Gasteiger partial charge in [-0.2, -0.15) is 5.26 Å². The van der Waals surface area contributed by atoms with E-state index in [0.29, 0.717) is 5.69 Å². The van der Waals surface area contributed by atoms with Crippen molar-refractivity contribution in [1.82, 2.24) is 4.57 Å². The number of benzene rings is 2. The molecule has 0 saturated heterocycles. The van der Waals surface area contributed by atoms with Crippen LogP contribution in [0.5, 0.6) is 0 Å². The molecule has 3 rings (SSSR count). The lowest BCUT2D eigenvalue weighted by Crippen LogP contribution is -2.13. The maximum Gasteiger partial charge on any atom is 0.266 e. The Morgan fingerprint density at radius 2 is 1.62 bits per heavy atom. The fourth-order valence-corrected chi connectivity index (χ4v) is 2.35. The van der Waals surface area contributed by atoms with E-state index >= 15 is 0 Å². The van der Waals surface area contributed by atoms with Gasteiger partial charge >= 0.3 is 0 Å². The lowest BCUT2D eigenvalue weighted by Gasteiger charge is -2.07. The predicted molar refractivity (Wildman–Crippen MR) is 94.4 cm³/mol. The van der Waals surface area contributed by atoms with Gasteiger partial charge in [0.05, 0.1) is 0 Å². The van der Waals surface area contributed by atoms with Gasteiger partial charge in [-0.25, -0.2) is 0 Å². The summed E-state index contributed by atoms with van der Waals surface area (Å²) in [6.45, 7) is 0. The van der Waals surface area contributed by atoms with Crippen LogP contribution in [0.3, 0.4) is 0 Å². The highest BCUT2D eigenvalue weighted by molar-refractivity contribution is 6.09. The minimum absolute atomic E-state index is 0.0507. The first-order valence-corrected chi connectivity index (χ1v) is 7.49. The molecule has 24 heavy (non-hydrogen) atoms. The van der Waals surface area contributed by atoms with E-state index in [1.54, 1.807) is 18.2 Å². The van der Waals surface area contributed by atoms with Gasteiger partial charge in [-0.15, -0.1) is 0 Å². The topological polar surface area (TPSA) is 57.8 Å². The second-order valence-corrected chi connectivity index (χ2v) is 5.13. The summed E-state index contributed by atoms with van der Waals surface area (Å²) in [5.74, 6) is -0.426. The second kappa shape index (κ2) is 7.12. The fourth-order valence-electron chi connectivity index (χ4n) is 2.35. The van der Waals surface area contributed by atoms with Gasteiger partial charge < -0.3 is 9.88 Å². The quantitative estimate of drug-likeness (QED) is 0.584. The number of aromatic nitrogens is 1. The molecule has 0 spiro atoms. The highest BCUT2D eigenvalue weighted by Crippen LogP contribution is 2.16. The van der Waals surface area contributed by atoms with E-state index in [0.717, 1.165) is 11.4 Å². The average Bonchev–Trinajstić information content (AvgIpc) is 3.09. The van der Waals surface area contributed by atoms with Crippen molar-refractivity contribution >= 4 is 17.7 Å². The number of carbonyl (C=O) groups is 1. The van der Waals surface area contributed by atoms with Crippen LogP contribution >= 0.6 is 0 Å². The van der Waals surface area contributed by atoms with Crippen LogP contribution < -0.4 is 5.32 Å². The van der Waals surface area contributed by atoms with Gasteiger partial charge in [0.15, 0.2) is 0 Å². The zero-order valence-corrected chi connectivity index (χ0v) is 12.9. The van der Waals surface area contributed by atoms with Crippen molar-refractivity contribution in [3.8, 4) is 11.8 Å². The Labute approximate surface area is 140 Å². The van der Waals surface area contributed by atoms with Crippen LogP contribution in [-0.2, 0) is 4.79 Å². The maximum atomic E-state index is 12.3. The number of nitrogens with zero attached hydrogens (tertiary/aromatic N) is 2. The number of nitrogens with one attached hydrogen (secondary N) is 1. The number of amides is 1. The third-order valence-electron chi connectivity index (χ3n) is 3.50. The van der Waals surface area contributed by atoms with Gasteiger partial charge in [-0.05, 0) is 42.5 Å². The smallest absolute Gasteiger partial charge is 0.266 e. The summed E-state index contributed by atoms with van der Waals surface area (Å²) in [5.41, 5.74) is 2.44. The van der Waals surface area contributed by atoms with Crippen LogP contribution in [0.1, 0.15) is 5.69 Å². The summed E-state index contributed by atoms with van der Waals surface area (Å²) in [4.78, 5) is 12.3. The van der Waals surface area contributed by atoms with Gasteiger partial charge in [-0.3, -0.25) is 4.79 Å². The molecule has 0 aliphatic rings. The van der Waals surface area contributed by atoms with Crippen molar-refractivity contribution in [3.63, 3.8) is 0 Å². The lowest BCUT2D eigenvalue weighted by molar-refractivity contribution is -0.112. The number of carbonyl (C=O) groups excluding carboxylic acids is 1. The maximum absolute atomic E-state index is 12.3. The highest BCUT2D eigenvalue weighted by atomic mass is 16.1. The summed E-state index contributed by atoms with van der Waals surface area (Å²) < 4.78 is 1.92. The Balaban J connectivity index is 1.88. The lowest BCUT2D eigenvalue weighted by atomic mass is 10.2. The Kier molecular flexibility index (Phi) is 4.55. The molecule has 116 valence electrons. The van der Waals surface area contributed by atoms with E-state index in [-0.39, 0.29) is 5.57 Å². The van der Waals surface area contributed by atoms with Crippen LogP contribution in [0, 0.1) is 11.3 Å². The number of hydrogen-bond donors (Lipinski definition) is 1. The van der Waals surface area contributed by atoms with E-state index in [1.807, 2.05) is 77.5 Å². The molecule has 4 heteroatoms. The number of rotatable bonds is 4. The molecule has 0 unspecified atom stereocenters. The Morgan fingerprint density at radius 1 is 0.958 bits per heavy atom. The first-order valence-electron chi connectivity index (χ1n) is 7.49. The second-order valence-electron chi connectivity index (χ2n) is 5.13. The first kappa shape index (κ1) is 15.3. The normalized spacial score (nSPS) is 10.9. The van der Waals surface area contributed by atoms with Gasteiger partial charge in [-0.1, -0.05) is 36.4 Å². The number of anilines is 1. The molecule has 0 fully saturated rings. The summed E-state index contributed by atoms with van der Waals surface area (Å²) in [6, 6.07) is 24.5. The molecule has 0 saturated carbocycles. The summed E-state index contributed by atoms with van der Waals surface area (Å²) in [6.07, 6.45) is 3.48. The van der Waals surface area contributed by atoms with Crippen molar-refractivity contribution in [3.05, 3.63) is 90.3 Å². The monoisotopic (exact) mass is 313 g/mol. The molecule has 0 atom stereocenters. The molecule has 2 aromatic carbocycles. The van der Waals surface area contributed by atoms with Crippen LogP contribution in [0.4, 0.5) is 5.69 Å². The van der Waals surface area contributed by atoms with Crippen LogP contribution in [0.15, 0.2) is 84.6 Å². The molecule has 1 heterocycles. The molecule has 3 aromatic rings. The number of nitriles is 1. The van der Waals surface area contributed by atoms with Gasteiger partial charge in [0.2, 0.25) is 0 Å². The minimum atomic E-state index is -0.426. The zero-order chi connectivity index (χ0) is 16.8. The summed E-state index contributed by atoms with van der Waals surface area (Å²) in [5, 5.41) is 12.1. The molecule has 0 bridgehead atoms. The first-order chi connectivity index (χ1) is 11.8. The van der Waals surface area contributed by atoms with Crippen LogP contribution in [-0.4, -0.2) is 10.5 Å². The van der Waals surface area contributed by atoms with Crippen LogP contribution in [0.2, 0.25) is 0 Å². The molecule has 0 radical (unpaired) electrons. The largest absolute Gasteiger partial charge is 0.321 e. The number of para-hydroxylation sites is 2. The van der Waals surface area contributed by atoms with Crippen molar-refractivity contribution < 1.29 is 4.79 Å². The average molecular weight is 313 g/mol. The zero-order valence-electron chi connectivity index (χ0n) is 12.9. The molecule has 1 N–H and O–H groups in total. The predicted octanol–water partition coefficient (Wildman–Crippen LogP) is 4.02. The van der Waals surface area contributed by atoms with E-state index in [1.165, 1.54) is 0 Å². The van der Waals surface area contributed by atoms with Gasteiger partial charge in [0.1, 0.15) is 11.6 Å². The summed E-state index contributed by atoms with van der Waals surface area (Å²) >= 11 is 0. The van der Waals surface area contributed by atoms with E-state index < -0.39 is 5.91 Å². The molecule has 1 amide bonds. The highest BCUT2D eigenvalue weighted by Gasteiger charge is 2.11. The molecular formula is C20H15N3O. The van der Waals surface area contributed by atoms with Crippen molar-refractivity contribution in [2.75, 3.05) is 5.32 Å². The Hall–Kier alpha value is -3.58. The molecule has 4 nitrogen and oxygen atoms in total. The van der Waals surface area contributed by atoms with E-state index in [9.17, 15) is 10.1 Å². The van der Waals surface area contributed by atoms with Crippen molar-refractivity contribution in [1.29, 1.82) is 5.26 Å². The van der Waals surface area contributed by atoms with Gasteiger partial charge in [0.25, 0.3) is 5.91 Å². The fraction of sp³-hybridized carbons (Fsp3) is 0. The Morgan fingerprint density at radius 3 is 2.29 bits per heavy atom. The summed E-state index contributed by atoms with van der Waals surface area (Å²) in [7, 11) is 0. The molecule has 0 aliphatic heterocycles. The standard InChI is InChI=1S/C20H15N3O/c21-15-16(20(24)22-17-8-3-1-4-9-17)14-19-12-7-13-23(19)18-10-5-2-6-11-18/h1-14H,(H,22,24)/b16-14-. The van der Waals surface area contributed by atoms with Gasteiger partial charge in [0, 0.05) is 23.3 Å². The molecular weight excluding hydrogens is 298 g/mol. The number of hydrogen-bond acceptors (Lipinski definition) is 2. The van der Waals surface area contributed by atoms with Crippen molar-refractivity contribution in [2.24, 2.45) is 0 Å². The van der Waals surface area contributed by atoms with Crippen molar-refractivity contribution in [2.45, 2.75) is 0 Å². The third kappa shape index (κ3) is 3.42. The minimum Gasteiger partial charge on any atom is -0.321 e. The van der Waals surface area contributed by atoms with E-state index in [4.69, 9.17) is 0 Å². The molecule has 0 aliphatic carbocycles. The van der Waals surface area contributed by atoms with Crippen LogP contribution in [0.25, 0.3) is 11.8 Å². The third-order valence-corrected chi connectivity index (χ3v) is 3.50. The van der Waals surface area contributed by atoms with E-state index in [2.05, 4.69) is 5.32 Å². The Bertz CT molecular complexity index is 903.